The Morgan fingerprint density at radius 1 is 1.21 bits per heavy atom. The van der Waals surface area contributed by atoms with Crippen molar-refractivity contribution in [2.75, 3.05) is 18.9 Å². The second-order valence-corrected chi connectivity index (χ2v) is 8.81. The molecule has 0 radical (unpaired) electrons. The fourth-order valence-electron chi connectivity index (χ4n) is 2.65. The Morgan fingerprint density at radius 2 is 1.90 bits per heavy atom. The molecule has 1 aromatic heterocycles. The van der Waals surface area contributed by atoms with E-state index in [-0.39, 0.29) is 4.90 Å². The first kappa shape index (κ1) is 21.0. The summed E-state index contributed by atoms with van der Waals surface area (Å²) >= 11 is 6.02. The molecule has 152 valence electrons. The number of nitrogens with zero attached hydrogens (tertiary/aromatic N) is 3. The Morgan fingerprint density at radius 3 is 2.55 bits per heavy atom. The predicted molar refractivity (Wildman–Crippen MR) is 108 cm³/mol. The van der Waals surface area contributed by atoms with Gasteiger partial charge in [0.1, 0.15) is 11.6 Å². The van der Waals surface area contributed by atoms with Gasteiger partial charge >= 0.3 is 0 Å². The van der Waals surface area contributed by atoms with Crippen LogP contribution in [0.5, 0.6) is 0 Å². The summed E-state index contributed by atoms with van der Waals surface area (Å²) in [5, 5.41) is 7.51. The van der Waals surface area contributed by atoms with Crippen LogP contribution in [0.1, 0.15) is 5.69 Å². The molecule has 0 fully saturated rings. The molecule has 29 heavy (non-hydrogen) atoms. The van der Waals surface area contributed by atoms with Crippen molar-refractivity contribution in [2.45, 2.75) is 11.8 Å². The molecule has 0 saturated heterocycles. The fraction of sp³-hybridized carbons (Fsp3) is 0.158. The topological polar surface area (TPSA) is 84.3 Å². The highest BCUT2D eigenvalue weighted by molar-refractivity contribution is 7.89. The Hall–Kier alpha value is -2.75. The lowest BCUT2D eigenvalue weighted by Crippen LogP contribution is -2.35. The molecule has 0 atom stereocenters. The minimum atomic E-state index is -3.94. The highest BCUT2D eigenvalue weighted by Crippen LogP contribution is 2.20. The zero-order valence-corrected chi connectivity index (χ0v) is 17.2. The standard InChI is InChI=1S/C19H18ClFN4O3S/c1-13-10-18(25(23-13)16-5-3-4-14(20)11-16)22-19(26)12-24(2)29(27,28)17-8-6-15(21)7-9-17/h3-11H,12H2,1-2H3,(H,22,26). The second kappa shape index (κ2) is 8.32. The summed E-state index contributed by atoms with van der Waals surface area (Å²) < 4.78 is 40.5. The van der Waals surface area contributed by atoms with Gasteiger partial charge in [-0.15, -0.1) is 0 Å². The molecule has 2 aromatic carbocycles. The largest absolute Gasteiger partial charge is 0.309 e. The summed E-state index contributed by atoms with van der Waals surface area (Å²) in [6.45, 7) is 1.33. The van der Waals surface area contributed by atoms with Crippen molar-refractivity contribution in [1.82, 2.24) is 14.1 Å². The molecule has 0 aliphatic rings. The number of hydrogen-bond donors (Lipinski definition) is 1. The molecule has 3 rings (SSSR count). The van der Waals surface area contributed by atoms with E-state index in [1.54, 1.807) is 37.3 Å². The smallest absolute Gasteiger partial charge is 0.243 e. The molecular weight excluding hydrogens is 419 g/mol. The van der Waals surface area contributed by atoms with Gasteiger partial charge in [-0.05, 0) is 49.4 Å². The average molecular weight is 437 g/mol. The van der Waals surface area contributed by atoms with E-state index < -0.39 is 28.3 Å². The van der Waals surface area contributed by atoms with Crippen LogP contribution in [0.3, 0.4) is 0 Å². The lowest BCUT2D eigenvalue weighted by atomic mass is 10.3. The first-order valence-corrected chi connectivity index (χ1v) is 10.3. The van der Waals surface area contributed by atoms with E-state index >= 15 is 0 Å². The maximum Gasteiger partial charge on any atom is 0.243 e. The Labute approximate surface area is 172 Å². The Balaban J connectivity index is 1.77. The number of carbonyl (C=O) groups is 1. The van der Waals surface area contributed by atoms with Gasteiger partial charge < -0.3 is 5.32 Å². The van der Waals surface area contributed by atoms with Crippen molar-refractivity contribution in [3.63, 3.8) is 0 Å². The predicted octanol–water partition coefficient (Wildman–Crippen LogP) is 3.23. The van der Waals surface area contributed by atoms with Crippen LogP contribution in [0.25, 0.3) is 5.69 Å². The molecule has 0 bridgehead atoms. The van der Waals surface area contributed by atoms with Crippen molar-refractivity contribution in [3.8, 4) is 5.69 Å². The summed E-state index contributed by atoms with van der Waals surface area (Å²) in [5.41, 5.74) is 1.31. The third-order valence-corrected chi connectivity index (χ3v) is 6.09. The number of rotatable bonds is 6. The Bertz CT molecular complexity index is 1150. The SMILES string of the molecule is Cc1cc(NC(=O)CN(C)S(=O)(=O)c2ccc(F)cc2)n(-c2cccc(Cl)c2)n1. The van der Waals surface area contributed by atoms with Gasteiger partial charge in [0, 0.05) is 18.1 Å². The maximum absolute atomic E-state index is 13.0. The highest BCUT2D eigenvalue weighted by Gasteiger charge is 2.23. The molecule has 0 aliphatic carbocycles. The van der Waals surface area contributed by atoms with Gasteiger partial charge in [-0.1, -0.05) is 17.7 Å². The van der Waals surface area contributed by atoms with Gasteiger partial charge in [-0.25, -0.2) is 17.5 Å². The van der Waals surface area contributed by atoms with E-state index in [1.165, 1.54) is 11.7 Å². The van der Waals surface area contributed by atoms with Crippen molar-refractivity contribution >= 4 is 33.3 Å². The van der Waals surface area contributed by atoms with Gasteiger partial charge in [0.05, 0.1) is 22.8 Å². The molecule has 1 N–H and O–H groups in total. The summed E-state index contributed by atoms with van der Waals surface area (Å²) in [6.07, 6.45) is 0. The van der Waals surface area contributed by atoms with Crippen LogP contribution < -0.4 is 5.32 Å². The molecule has 1 heterocycles. The van der Waals surface area contributed by atoms with Crippen molar-refractivity contribution < 1.29 is 17.6 Å². The minimum absolute atomic E-state index is 0.103. The molecule has 0 spiro atoms. The summed E-state index contributed by atoms with van der Waals surface area (Å²) in [4.78, 5) is 12.4. The van der Waals surface area contributed by atoms with Crippen LogP contribution in [0, 0.1) is 12.7 Å². The van der Waals surface area contributed by atoms with Crippen molar-refractivity contribution in [1.29, 1.82) is 0 Å². The summed E-state index contributed by atoms with van der Waals surface area (Å²) in [6, 6.07) is 13.0. The Kier molecular flexibility index (Phi) is 6.02. The number of aryl methyl sites for hydroxylation is 1. The third-order valence-electron chi connectivity index (χ3n) is 4.04. The molecule has 0 aliphatic heterocycles. The highest BCUT2D eigenvalue weighted by atomic mass is 35.5. The number of likely N-dealkylation sites (N-methyl/N-ethyl adjacent to an activating group) is 1. The van der Waals surface area contributed by atoms with Crippen LogP contribution in [0.2, 0.25) is 5.02 Å². The number of halogens is 2. The van der Waals surface area contributed by atoms with Gasteiger partial charge in [-0.2, -0.15) is 9.40 Å². The van der Waals surface area contributed by atoms with E-state index in [9.17, 15) is 17.6 Å². The van der Waals surface area contributed by atoms with E-state index in [4.69, 9.17) is 11.6 Å². The number of carbonyl (C=O) groups excluding carboxylic acids is 1. The zero-order chi connectivity index (χ0) is 21.2. The first-order valence-electron chi connectivity index (χ1n) is 8.51. The third kappa shape index (κ3) is 4.81. The molecule has 7 nitrogen and oxygen atoms in total. The van der Waals surface area contributed by atoms with Crippen LogP contribution in [-0.2, 0) is 14.8 Å². The van der Waals surface area contributed by atoms with E-state index in [2.05, 4.69) is 10.4 Å². The number of sulfonamides is 1. The van der Waals surface area contributed by atoms with Gasteiger partial charge in [0.25, 0.3) is 0 Å². The number of anilines is 1. The molecule has 1 amide bonds. The number of amides is 1. The molecule has 0 unspecified atom stereocenters. The van der Waals surface area contributed by atoms with Crippen molar-refractivity contribution in [3.05, 3.63) is 71.1 Å². The van der Waals surface area contributed by atoms with Crippen LogP contribution in [-0.4, -0.2) is 42.0 Å². The maximum atomic E-state index is 13.0. The first-order chi connectivity index (χ1) is 13.7. The fourth-order valence-corrected chi connectivity index (χ4v) is 3.96. The second-order valence-electron chi connectivity index (χ2n) is 6.33. The van der Waals surface area contributed by atoms with E-state index in [0.29, 0.717) is 22.2 Å². The van der Waals surface area contributed by atoms with Gasteiger partial charge in [0.2, 0.25) is 15.9 Å². The summed E-state index contributed by atoms with van der Waals surface area (Å²) in [5.74, 6) is -0.724. The van der Waals surface area contributed by atoms with Crippen LogP contribution in [0.4, 0.5) is 10.2 Å². The molecule has 3 aromatic rings. The monoisotopic (exact) mass is 436 g/mol. The minimum Gasteiger partial charge on any atom is -0.309 e. The number of nitrogens with one attached hydrogen (secondary N) is 1. The molecular formula is C19H18ClFN4O3S. The van der Waals surface area contributed by atoms with Gasteiger partial charge in [0.15, 0.2) is 0 Å². The molecule has 10 heteroatoms. The van der Waals surface area contributed by atoms with Crippen molar-refractivity contribution in [2.24, 2.45) is 0 Å². The average Bonchev–Trinajstić information content (AvgIpc) is 3.02. The lowest BCUT2D eigenvalue weighted by Gasteiger charge is -2.17. The van der Waals surface area contributed by atoms with Gasteiger partial charge in [-0.3, -0.25) is 4.79 Å². The lowest BCUT2D eigenvalue weighted by molar-refractivity contribution is -0.116. The van der Waals surface area contributed by atoms with E-state index in [1.807, 2.05) is 0 Å². The number of aromatic nitrogens is 2. The number of hydrogen-bond acceptors (Lipinski definition) is 4. The number of benzene rings is 2. The van der Waals surface area contributed by atoms with Crippen LogP contribution in [0.15, 0.2) is 59.5 Å². The van der Waals surface area contributed by atoms with E-state index in [0.717, 1.165) is 28.6 Å². The molecule has 0 saturated carbocycles. The quantitative estimate of drug-likeness (QED) is 0.643. The van der Waals surface area contributed by atoms with Crippen LogP contribution >= 0.6 is 11.6 Å². The summed E-state index contributed by atoms with van der Waals surface area (Å²) in [7, 11) is -2.66. The normalized spacial score (nSPS) is 11.6. The zero-order valence-electron chi connectivity index (χ0n) is 15.6.